The number of hydrogen-bond acceptors (Lipinski definition) is 8. The van der Waals surface area contributed by atoms with Crippen molar-refractivity contribution in [3.05, 3.63) is 59.7 Å². The number of benzene rings is 2. The molecule has 0 aliphatic carbocycles. The van der Waals surface area contributed by atoms with Gasteiger partial charge in [-0.2, -0.15) is 0 Å². The fourth-order valence-electron chi connectivity index (χ4n) is 5.12. The van der Waals surface area contributed by atoms with Crippen LogP contribution in [0.3, 0.4) is 0 Å². The van der Waals surface area contributed by atoms with E-state index in [0.717, 1.165) is 24.2 Å². The predicted octanol–water partition coefficient (Wildman–Crippen LogP) is 4.16. The lowest BCUT2D eigenvalue weighted by Gasteiger charge is -2.27. The number of thioether (sulfide) groups is 1. The monoisotopic (exact) mass is 617 g/mol. The third kappa shape index (κ3) is 7.90. The molecule has 0 saturated carbocycles. The first-order valence-electron chi connectivity index (χ1n) is 13.9. The lowest BCUT2D eigenvalue weighted by Crippen LogP contribution is -2.54. The minimum absolute atomic E-state index is 0. The Bertz CT molecular complexity index is 1270. The van der Waals surface area contributed by atoms with Gasteiger partial charge in [-0.25, -0.2) is 0 Å². The van der Waals surface area contributed by atoms with Gasteiger partial charge in [-0.1, -0.05) is 49.9 Å². The van der Waals surface area contributed by atoms with Crippen LogP contribution in [0.15, 0.2) is 53.4 Å². The van der Waals surface area contributed by atoms with Crippen molar-refractivity contribution in [2.24, 2.45) is 0 Å². The Balaban J connectivity index is 0.00000484. The summed E-state index contributed by atoms with van der Waals surface area (Å²) in [5.74, 6) is -2.10. The van der Waals surface area contributed by atoms with Gasteiger partial charge in [0.15, 0.2) is 0 Å². The van der Waals surface area contributed by atoms with Gasteiger partial charge in [0.25, 0.3) is 11.8 Å². The maximum Gasteiger partial charge on any atom is 0.323 e. The van der Waals surface area contributed by atoms with Crippen LogP contribution in [0.4, 0.5) is 5.69 Å². The fourth-order valence-corrected chi connectivity index (χ4v) is 6.20. The Morgan fingerprint density at radius 2 is 1.57 bits per heavy atom. The largest absolute Gasteiger partial charge is 0.480 e. The summed E-state index contributed by atoms with van der Waals surface area (Å²) in [6, 6.07) is 12.5. The zero-order chi connectivity index (χ0) is 29.4. The Hall–Kier alpha value is -3.41. The Kier molecular flexibility index (Phi) is 12.4. The highest BCUT2D eigenvalue weighted by Gasteiger charge is 2.36. The van der Waals surface area contributed by atoms with Crippen LogP contribution < -0.4 is 10.2 Å². The number of anilines is 1. The molecule has 2 aliphatic rings. The minimum atomic E-state index is -1.12. The predicted molar refractivity (Wildman–Crippen MR) is 161 cm³/mol. The standard InChI is InChI=1S/C30H35N3O7S.ClH/c1-2-40-30(39)22(31-23-19-41-25-16-10-9-15-24(25)33(29(23)38)18-26(34)35)14-6-4-3-5-11-17-32-27(36)20-12-7-8-13-21(20)28(32)37;/h7-10,12-13,15-16,22-23,31H,2-6,11,14,17-19H2,1H3,(H,34,35);1H/t22-,23?;/m1./s1. The summed E-state index contributed by atoms with van der Waals surface area (Å²) in [5, 5.41) is 12.6. The second-order valence-electron chi connectivity index (χ2n) is 9.98. The van der Waals surface area contributed by atoms with Crippen LogP contribution in [0.25, 0.3) is 0 Å². The van der Waals surface area contributed by atoms with Crippen molar-refractivity contribution in [1.82, 2.24) is 10.2 Å². The first-order chi connectivity index (χ1) is 19.8. The number of carboxylic acids is 1. The van der Waals surface area contributed by atoms with Crippen molar-refractivity contribution in [3.8, 4) is 0 Å². The minimum Gasteiger partial charge on any atom is -0.480 e. The number of rotatable bonds is 14. The van der Waals surface area contributed by atoms with E-state index in [2.05, 4.69) is 5.32 Å². The van der Waals surface area contributed by atoms with Crippen LogP contribution in [0.2, 0.25) is 0 Å². The summed E-state index contributed by atoms with van der Waals surface area (Å²) in [5.41, 5.74) is 1.45. The number of imide groups is 1. The maximum atomic E-state index is 13.4. The number of fused-ring (bicyclic) bond motifs is 2. The number of nitrogens with one attached hydrogen (secondary N) is 1. The van der Waals surface area contributed by atoms with Crippen LogP contribution >= 0.6 is 24.2 Å². The summed E-state index contributed by atoms with van der Waals surface area (Å²) in [6.45, 7) is 1.83. The average Bonchev–Trinajstić information content (AvgIpc) is 3.12. The molecule has 10 nitrogen and oxygen atoms in total. The molecular weight excluding hydrogens is 582 g/mol. The van der Waals surface area contributed by atoms with Gasteiger partial charge in [-0.3, -0.25) is 39.1 Å². The molecule has 2 aliphatic heterocycles. The van der Waals surface area contributed by atoms with Crippen LogP contribution in [-0.2, 0) is 19.1 Å². The molecule has 2 atom stereocenters. The fraction of sp³-hybridized carbons (Fsp3) is 0.433. The molecule has 0 bridgehead atoms. The lowest BCUT2D eigenvalue weighted by atomic mass is 10.0. The maximum absolute atomic E-state index is 13.4. The van der Waals surface area contributed by atoms with Gasteiger partial charge < -0.3 is 9.84 Å². The molecule has 2 heterocycles. The van der Waals surface area contributed by atoms with E-state index in [1.807, 2.05) is 12.1 Å². The number of nitrogens with zero attached hydrogens (tertiary/aromatic N) is 2. The molecule has 0 radical (unpaired) electrons. The van der Waals surface area contributed by atoms with Crippen LogP contribution in [0.5, 0.6) is 0 Å². The van der Waals surface area contributed by atoms with Gasteiger partial charge in [0.2, 0.25) is 5.91 Å². The second-order valence-corrected chi connectivity index (χ2v) is 11.0. The number of esters is 1. The van der Waals surface area contributed by atoms with E-state index in [9.17, 15) is 29.1 Å². The molecule has 12 heteroatoms. The molecule has 2 N–H and O–H groups in total. The zero-order valence-corrected chi connectivity index (χ0v) is 25.1. The number of amides is 3. The van der Waals surface area contributed by atoms with Gasteiger partial charge in [-0.05, 0) is 44.0 Å². The van der Waals surface area contributed by atoms with E-state index < -0.39 is 36.5 Å². The zero-order valence-electron chi connectivity index (χ0n) is 23.5. The molecule has 0 aromatic heterocycles. The summed E-state index contributed by atoms with van der Waals surface area (Å²) in [7, 11) is 0. The van der Waals surface area contributed by atoms with Crippen LogP contribution in [0.1, 0.15) is 66.2 Å². The third-order valence-electron chi connectivity index (χ3n) is 7.15. The van der Waals surface area contributed by atoms with Gasteiger partial charge in [-0.15, -0.1) is 24.2 Å². The molecular formula is C30H36ClN3O7S. The molecule has 2 aromatic rings. The molecule has 0 fully saturated rings. The van der Waals surface area contributed by atoms with Gasteiger partial charge in [0, 0.05) is 17.2 Å². The number of hydrogen-bond donors (Lipinski definition) is 2. The lowest BCUT2D eigenvalue weighted by molar-refractivity contribution is -0.146. The topological polar surface area (TPSA) is 133 Å². The van der Waals surface area contributed by atoms with E-state index in [4.69, 9.17) is 4.74 Å². The number of carbonyl (C=O) groups excluding carboxylic acids is 4. The smallest absolute Gasteiger partial charge is 0.323 e. The first kappa shape index (κ1) is 33.1. The number of aliphatic carboxylic acids is 1. The van der Waals surface area contributed by atoms with E-state index in [1.165, 1.54) is 21.6 Å². The normalized spacial score (nSPS) is 16.8. The summed E-state index contributed by atoms with van der Waals surface area (Å²) < 4.78 is 5.27. The highest BCUT2D eigenvalue weighted by molar-refractivity contribution is 7.99. The summed E-state index contributed by atoms with van der Waals surface area (Å²) >= 11 is 1.44. The van der Waals surface area contributed by atoms with Gasteiger partial charge in [0.05, 0.1) is 29.5 Å². The van der Waals surface area contributed by atoms with E-state index in [1.54, 1.807) is 43.3 Å². The molecule has 3 amide bonds. The molecule has 42 heavy (non-hydrogen) atoms. The Labute approximate surface area is 255 Å². The van der Waals surface area contributed by atoms with Crippen molar-refractivity contribution in [3.63, 3.8) is 0 Å². The molecule has 0 spiro atoms. The van der Waals surface area contributed by atoms with Crippen molar-refractivity contribution in [2.75, 3.05) is 30.3 Å². The molecule has 2 aromatic carbocycles. The highest BCUT2D eigenvalue weighted by Crippen LogP contribution is 2.34. The Morgan fingerprint density at radius 1 is 0.952 bits per heavy atom. The van der Waals surface area contributed by atoms with Crippen LogP contribution in [-0.4, -0.2) is 77.2 Å². The van der Waals surface area contributed by atoms with Gasteiger partial charge in [0.1, 0.15) is 12.6 Å². The van der Waals surface area contributed by atoms with E-state index in [0.29, 0.717) is 48.4 Å². The van der Waals surface area contributed by atoms with Crippen molar-refractivity contribution in [2.45, 2.75) is 62.4 Å². The van der Waals surface area contributed by atoms with E-state index in [-0.39, 0.29) is 30.8 Å². The molecule has 4 rings (SSSR count). The molecule has 0 saturated heterocycles. The quantitative estimate of drug-likeness (QED) is 0.182. The number of unbranched alkanes of at least 4 members (excludes halogenated alkanes) is 4. The van der Waals surface area contributed by atoms with E-state index >= 15 is 0 Å². The average molecular weight is 618 g/mol. The summed E-state index contributed by atoms with van der Waals surface area (Å²) in [4.78, 5) is 66.1. The van der Waals surface area contributed by atoms with Gasteiger partial charge >= 0.3 is 11.9 Å². The number of para-hydroxylation sites is 1. The summed E-state index contributed by atoms with van der Waals surface area (Å²) in [6.07, 6.45) is 4.36. The third-order valence-corrected chi connectivity index (χ3v) is 8.30. The number of carboxylic acid groups (broad SMARTS) is 1. The first-order valence-corrected chi connectivity index (χ1v) is 14.9. The highest BCUT2D eigenvalue weighted by atomic mass is 35.5. The van der Waals surface area contributed by atoms with Crippen LogP contribution in [0, 0.1) is 0 Å². The van der Waals surface area contributed by atoms with Crippen molar-refractivity contribution >= 4 is 59.5 Å². The SMILES string of the molecule is CCOC(=O)[C@@H](CCCCCCCN1C(=O)c2ccccc2C1=O)NC1CSc2ccccc2N(CC(=O)O)C1=O.Cl. The van der Waals surface area contributed by atoms with Crippen molar-refractivity contribution in [1.29, 1.82) is 0 Å². The number of carbonyl (C=O) groups is 5. The molecule has 226 valence electrons. The van der Waals surface area contributed by atoms with Crippen molar-refractivity contribution < 1.29 is 33.8 Å². The number of halogens is 1. The second kappa shape index (κ2) is 15.7. The Morgan fingerprint density at radius 3 is 2.24 bits per heavy atom. The molecule has 1 unspecified atom stereocenters. The number of ether oxygens (including phenoxy) is 1.